The lowest BCUT2D eigenvalue weighted by Gasteiger charge is -2.14. The van der Waals surface area contributed by atoms with Gasteiger partial charge in [0, 0.05) is 12.6 Å². The van der Waals surface area contributed by atoms with Crippen LogP contribution in [0.2, 0.25) is 0 Å². The molecule has 5 nitrogen and oxygen atoms in total. The Kier molecular flexibility index (Phi) is 5.24. The fraction of sp³-hybridized carbons (Fsp3) is 0.533. The number of benzene rings is 1. The Balaban J connectivity index is 1.87. The first-order chi connectivity index (χ1) is 9.72. The molecule has 0 bridgehead atoms. The summed E-state index contributed by atoms with van der Waals surface area (Å²) in [6.45, 7) is 0.452. The number of carbonyl (C=O) groups excluding carboxylic acids is 1. The number of nitrogens with two attached hydrogens (primary N) is 1. The summed E-state index contributed by atoms with van der Waals surface area (Å²) in [6.07, 6.45) is 4.53. The number of methoxy groups -OCH3 is 1. The molecule has 0 aliphatic heterocycles. The molecule has 0 spiro atoms. The van der Waals surface area contributed by atoms with Gasteiger partial charge in [0.1, 0.15) is 0 Å². The maximum atomic E-state index is 11.8. The van der Waals surface area contributed by atoms with Crippen LogP contribution in [0.1, 0.15) is 31.2 Å². The van der Waals surface area contributed by atoms with Crippen molar-refractivity contribution in [3.63, 3.8) is 0 Å². The van der Waals surface area contributed by atoms with Gasteiger partial charge in [0.15, 0.2) is 18.1 Å². The van der Waals surface area contributed by atoms with Crippen LogP contribution in [-0.2, 0) is 11.3 Å². The van der Waals surface area contributed by atoms with E-state index in [-0.39, 0.29) is 12.5 Å². The van der Waals surface area contributed by atoms with Crippen molar-refractivity contribution in [1.29, 1.82) is 0 Å². The van der Waals surface area contributed by atoms with E-state index < -0.39 is 0 Å². The Labute approximate surface area is 119 Å². The summed E-state index contributed by atoms with van der Waals surface area (Å²) in [5.74, 6) is 1.08. The van der Waals surface area contributed by atoms with Crippen molar-refractivity contribution >= 4 is 5.91 Å². The van der Waals surface area contributed by atoms with E-state index in [0.29, 0.717) is 24.1 Å². The van der Waals surface area contributed by atoms with Gasteiger partial charge in [-0.25, -0.2) is 0 Å². The molecular formula is C15H22N2O3. The predicted molar refractivity (Wildman–Crippen MR) is 76.8 cm³/mol. The summed E-state index contributed by atoms with van der Waals surface area (Å²) >= 11 is 0. The van der Waals surface area contributed by atoms with Gasteiger partial charge in [-0.1, -0.05) is 18.9 Å². The second kappa shape index (κ2) is 7.14. The van der Waals surface area contributed by atoms with Gasteiger partial charge >= 0.3 is 0 Å². The van der Waals surface area contributed by atoms with Gasteiger partial charge < -0.3 is 20.5 Å². The number of rotatable bonds is 6. The molecule has 1 aliphatic rings. The Morgan fingerprint density at radius 1 is 1.35 bits per heavy atom. The Hall–Kier alpha value is -1.75. The van der Waals surface area contributed by atoms with Gasteiger partial charge in [-0.3, -0.25) is 4.79 Å². The molecule has 0 heterocycles. The van der Waals surface area contributed by atoms with E-state index >= 15 is 0 Å². The lowest BCUT2D eigenvalue weighted by atomic mass is 10.2. The Morgan fingerprint density at radius 2 is 2.10 bits per heavy atom. The van der Waals surface area contributed by atoms with Crippen LogP contribution in [-0.4, -0.2) is 25.7 Å². The van der Waals surface area contributed by atoms with Crippen LogP contribution < -0.4 is 20.5 Å². The van der Waals surface area contributed by atoms with Crippen molar-refractivity contribution in [2.75, 3.05) is 13.7 Å². The largest absolute Gasteiger partial charge is 0.493 e. The van der Waals surface area contributed by atoms with Crippen LogP contribution in [0.25, 0.3) is 0 Å². The van der Waals surface area contributed by atoms with Crippen molar-refractivity contribution < 1.29 is 14.3 Å². The Bertz CT molecular complexity index is 456. The minimum atomic E-state index is -0.0816. The van der Waals surface area contributed by atoms with Crippen molar-refractivity contribution in [2.45, 2.75) is 38.3 Å². The topological polar surface area (TPSA) is 73.6 Å². The molecule has 0 atom stereocenters. The first-order valence-electron chi connectivity index (χ1n) is 7.02. The zero-order valence-electron chi connectivity index (χ0n) is 11.9. The number of amides is 1. The SMILES string of the molecule is COc1cc(CN)ccc1OCC(=O)NC1CCCC1. The molecule has 5 heteroatoms. The quantitative estimate of drug-likeness (QED) is 0.829. The summed E-state index contributed by atoms with van der Waals surface area (Å²) in [7, 11) is 1.57. The van der Waals surface area contributed by atoms with Gasteiger partial charge in [0.2, 0.25) is 0 Å². The number of ether oxygens (including phenoxy) is 2. The van der Waals surface area contributed by atoms with E-state index in [9.17, 15) is 4.79 Å². The van der Waals surface area contributed by atoms with E-state index in [1.165, 1.54) is 12.8 Å². The smallest absolute Gasteiger partial charge is 0.258 e. The van der Waals surface area contributed by atoms with Gasteiger partial charge in [-0.05, 0) is 30.5 Å². The first kappa shape index (κ1) is 14.7. The second-order valence-corrected chi connectivity index (χ2v) is 5.03. The van der Waals surface area contributed by atoms with Crippen LogP contribution in [0, 0.1) is 0 Å². The third kappa shape index (κ3) is 3.87. The van der Waals surface area contributed by atoms with Crippen LogP contribution in [0.5, 0.6) is 11.5 Å². The zero-order valence-corrected chi connectivity index (χ0v) is 11.9. The highest BCUT2D eigenvalue weighted by Gasteiger charge is 2.17. The number of hydrogen-bond acceptors (Lipinski definition) is 4. The van der Waals surface area contributed by atoms with E-state index in [4.69, 9.17) is 15.2 Å². The summed E-state index contributed by atoms with van der Waals surface area (Å²) in [5, 5.41) is 2.98. The molecule has 1 saturated carbocycles. The fourth-order valence-corrected chi connectivity index (χ4v) is 2.44. The van der Waals surface area contributed by atoms with Gasteiger partial charge in [0.05, 0.1) is 7.11 Å². The molecule has 0 radical (unpaired) electrons. The molecule has 20 heavy (non-hydrogen) atoms. The second-order valence-electron chi connectivity index (χ2n) is 5.03. The molecule has 1 fully saturated rings. The minimum absolute atomic E-state index is 0.00876. The van der Waals surface area contributed by atoms with E-state index in [1.807, 2.05) is 12.1 Å². The van der Waals surface area contributed by atoms with E-state index in [0.717, 1.165) is 18.4 Å². The highest BCUT2D eigenvalue weighted by atomic mass is 16.5. The van der Waals surface area contributed by atoms with Gasteiger partial charge in [0.25, 0.3) is 5.91 Å². The van der Waals surface area contributed by atoms with E-state index in [2.05, 4.69) is 5.32 Å². The number of hydrogen-bond donors (Lipinski definition) is 2. The third-order valence-corrected chi connectivity index (χ3v) is 3.54. The number of nitrogens with one attached hydrogen (secondary N) is 1. The van der Waals surface area contributed by atoms with E-state index in [1.54, 1.807) is 13.2 Å². The molecule has 1 amide bonds. The fourth-order valence-electron chi connectivity index (χ4n) is 2.44. The first-order valence-corrected chi connectivity index (χ1v) is 7.02. The number of carbonyl (C=O) groups is 1. The minimum Gasteiger partial charge on any atom is -0.493 e. The maximum Gasteiger partial charge on any atom is 0.258 e. The van der Waals surface area contributed by atoms with Crippen molar-refractivity contribution in [3.8, 4) is 11.5 Å². The molecule has 1 aliphatic carbocycles. The molecule has 0 saturated heterocycles. The molecule has 2 rings (SSSR count). The summed E-state index contributed by atoms with van der Waals surface area (Å²) in [5.41, 5.74) is 6.54. The van der Waals surface area contributed by atoms with Crippen LogP contribution in [0.3, 0.4) is 0 Å². The van der Waals surface area contributed by atoms with Crippen molar-refractivity contribution in [2.24, 2.45) is 5.73 Å². The molecular weight excluding hydrogens is 256 g/mol. The summed E-state index contributed by atoms with van der Waals surface area (Å²) in [6, 6.07) is 5.79. The van der Waals surface area contributed by atoms with Crippen LogP contribution in [0.4, 0.5) is 0 Å². The average Bonchev–Trinajstić information content (AvgIpc) is 2.97. The Morgan fingerprint density at radius 3 is 2.75 bits per heavy atom. The molecule has 0 unspecified atom stereocenters. The normalized spacial score (nSPS) is 15.1. The molecule has 1 aromatic carbocycles. The van der Waals surface area contributed by atoms with Gasteiger partial charge in [-0.2, -0.15) is 0 Å². The maximum absolute atomic E-state index is 11.8. The summed E-state index contributed by atoms with van der Waals surface area (Å²) in [4.78, 5) is 11.8. The standard InChI is InChI=1S/C15H22N2O3/c1-19-14-8-11(9-16)6-7-13(14)20-10-15(18)17-12-4-2-3-5-12/h6-8,12H,2-5,9-10,16H2,1H3,(H,17,18). The van der Waals surface area contributed by atoms with Gasteiger partial charge in [-0.15, -0.1) is 0 Å². The zero-order chi connectivity index (χ0) is 14.4. The summed E-state index contributed by atoms with van der Waals surface area (Å²) < 4.78 is 10.8. The van der Waals surface area contributed by atoms with Crippen LogP contribution in [0.15, 0.2) is 18.2 Å². The predicted octanol–water partition coefficient (Wildman–Crippen LogP) is 1.59. The lowest BCUT2D eigenvalue weighted by molar-refractivity contribution is -0.123. The van der Waals surface area contributed by atoms with Crippen LogP contribution >= 0.6 is 0 Å². The highest BCUT2D eigenvalue weighted by Crippen LogP contribution is 2.27. The average molecular weight is 278 g/mol. The lowest BCUT2D eigenvalue weighted by Crippen LogP contribution is -2.36. The molecule has 110 valence electrons. The molecule has 0 aromatic heterocycles. The highest BCUT2D eigenvalue weighted by molar-refractivity contribution is 5.78. The third-order valence-electron chi connectivity index (χ3n) is 3.54. The molecule has 3 N–H and O–H groups in total. The monoisotopic (exact) mass is 278 g/mol. The van der Waals surface area contributed by atoms with Crippen molar-refractivity contribution in [3.05, 3.63) is 23.8 Å². The van der Waals surface area contributed by atoms with Crippen molar-refractivity contribution in [1.82, 2.24) is 5.32 Å². The molecule has 1 aromatic rings.